The van der Waals surface area contributed by atoms with Crippen LogP contribution in [-0.4, -0.2) is 30.1 Å². The summed E-state index contributed by atoms with van der Waals surface area (Å²) >= 11 is 7.46. The Labute approximate surface area is 130 Å². The lowest BCUT2D eigenvalue weighted by molar-refractivity contribution is -0.139. The van der Waals surface area contributed by atoms with Gasteiger partial charge in [0.05, 0.1) is 12.1 Å². The number of methoxy groups -OCH3 is 1. The average molecular weight is 328 g/mol. The lowest BCUT2D eigenvalue weighted by Crippen LogP contribution is -2.40. The third-order valence-electron chi connectivity index (χ3n) is 3.05. The minimum absolute atomic E-state index is 0.303. The molecule has 21 heavy (non-hydrogen) atoms. The summed E-state index contributed by atoms with van der Waals surface area (Å²) in [7, 11) is 1.55. The Morgan fingerprint density at radius 3 is 2.76 bits per heavy atom. The van der Waals surface area contributed by atoms with E-state index < -0.39 is 17.9 Å². The van der Waals surface area contributed by atoms with Crippen molar-refractivity contribution >= 4 is 44.9 Å². The molecule has 112 valence electrons. The number of carboxylic acid groups (broad SMARTS) is 1. The van der Waals surface area contributed by atoms with Crippen LogP contribution in [0.5, 0.6) is 5.75 Å². The number of fused-ring (bicyclic) bond motifs is 1. The zero-order valence-electron chi connectivity index (χ0n) is 11.5. The highest BCUT2D eigenvalue weighted by Crippen LogP contribution is 2.37. The summed E-state index contributed by atoms with van der Waals surface area (Å²) in [6, 6.07) is 4.42. The standard InChI is InChI=1S/C14H14ClNO4S/c1-3-9(14(18)19)16-13(17)12-11(15)8-6-7(20-2)4-5-10(8)21-12/h4-6,9H,3H2,1-2H3,(H,16,17)(H,18,19). The molecule has 1 amide bonds. The van der Waals surface area contributed by atoms with E-state index in [1.807, 2.05) is 6.07 Å². The summed E-state index contributed by atoms with van der Waals surface area (Å²) in [4.78, 5) is 23.5. The topological polar surface area (TPSA) is 75.6 Å². The Morgan fingerprint density at radius 1 is 1.48 bits per heavy atom. The van der Waals surface area contributed by atoms with Crippen molar-refractivity contribution in [1.82, 2.24) is 5.32 Å². The van der Waals surface area contributed by atoms with Crippen molar-refractivity contribution in [2.75, 3.05) is 7.11 Å². The summed E-state index contributed by atoms with van der Waals surface area (Å²) in [6.07, 6.45) is 0.303. The van der Waals surface area contributed by atoms with E-state index in [-0.39, 0.29) is 0 Å². The maximum Gasteiger partial charge on any atom is 0.326 e. The van der Waals surface area contributed by atoms with Crippen LogP contribution in [0.15, 0.2) is 18.2 Å². The fraction of sp³-hybridized carbons (Fsp3) is 0.286. The van der Waals surface area contributed by atoms with E-state index in [0.717, 1.165) is 10.1 Å². The molecule has 1 unspecified atom stereocenters. The van der Waals surface area contributed by atoms with Gasteiger partial charge in [0.2, 0.25) is 0 Å². The number of amides is 1. The summed E-state index contributed by atoms with van der Waals surface area (Å²) in [5.41, 5.74) is 0. The van der Waals surface area contributed by atoms with Crippen LogP contribution < -0.4 is 10.1 Å². The average Bonchev–Trinajstić information content (AvgIpc) is 2.80. The molecule has 1 atom stereocenters. The molecule has 0 bridgehead atoms. The van der Waals surface area contributed by atoms with Crippen LogP contribution in [0.2, 0.25) is 5.02 Å². The third-order valence-corrected chi connectivity index (χ3v) is 4.73. The molecule has 7 heteroatoms. The first kappa shape index (κ1) is 15.6. The molecule has 0 spiro atoms. The van der Waals surface area contributed by atoms with Gasteiger partial charge in [-0.1, -0.05) is 18.5 Å². The number of ether oxygens (including phenoxy) is 1. The first-order valence-corrected chi connectivity index (χ1v) is 7.47. The number of carboxylic acids is 1. The van der Waals surface area contributed by atoms with Crippen molar-refractivity contribution in [2.24, 2.45) is 0 Å². The van der Waals surface area contributed by atoms with Gasteiger partial charge in [0.25, 0.3) is 5.91 Å². The molecule has 0 fully saturated rings. The van der Waals surface area contributed by atoms with E-state index in [0.29, 0.717) is 22.1 Å². The van der Waals surface area contributed by atoms with Crippen molar-refractivity contribution in [2.45, 2.75) is 19.4 Å². The van der Waals surface area contributed by atoms with E-state index in [1.54, 1.807) is 26.2 Å². The number of carbonyl (C=O) groups excluding carboxylic acids is 1. The monoisotopic (exact) mass is 327 g/mol. The van der Waals surface area contributed by atoms with Gasteiger partial charge in [-0.05, 0) is 24.6 Å². The molecule has 2 rings (SSSR count). The number of hydrogen-bond donors (Lipinski definition) is 2. The number of rotatable bonds is 5. The van der Waals surface area contributed by atoms with Crippen molar-refractivity contribution in [3.8, 4) is 5.75 Å². The molecule has 0 radical (unpaired) electrons. The van der Waals surface area contributed by atoms with Crippen LogP contribution in [0.4, 0.5) is 0 Å². The Balaban J connectivity index is 2.35. The number of carbonyl (C=O) groups is 2. The predicted molar refractivity (Wildman–Crippen MR) is 82.6 cm³/mol. The molecule has 1 heterocycles. The molecular weight excluding hydrogens is 314 g/mol. The second-order valence-electron chi connectivity index (χ2n) is 4.38. The van der Waals surface area contributed by atoms with Crippen molar-refractivity contribution in [1.29, 1.82) is 0 Å². The maximum atomic E-state index is 12.2. The number of thiophene rings is 1. The second-order valence-corrected chi connectivity index (χ2v) is 5.81. The quantitative estimate of drug-likeness (QED) is 0.884. The van der Waals surface area contributed by atoms with E-state index >= 15 is 0 Å². The SMILES string of the molecule is CCC(NC(=O)c1sc2ccc(OC)cc2c1Cl)C(=O)O. The first-order chi connectivity index (χ1) is 9.97. The van der Waals surface area contributed by atoms with Crippen LogP contribution in [0.1, 0.15) is 23.0 Å². The van der Waals surface area contributed by atoms with Crippen LogP contribution in [0.25, 0.3) is 10.1 Å². The molecule has 0 saturated heterocycles. The highest BCUT2D eigenvalue weighted by molar-refractivity contribution is 7.21. The van der Waals surface area contributed by atoms with Crippen LogP contribution in [0.3, 0.4) is 0 Å². The van der Waals surface area contributed by atoms with Gasteiger partial charge in [0, 0.05) is 10.1 Å². The minimum Gasteiger partial charge on any atom is -0.497 e. The molecule has 5 nitrogen and oxygen atoms in total. The minimum atomic E-state index is -1.07. The number of halogens is 1. The molecule has 2 aromatic rings. The van der Waals surface area contributed by atoms with E-state index in [9.17, 15) is 9.59 Å². The summed E-state index contributed by atoms with van der Waals surface area (Å²) < 4.78 is 5.97. The smallest absolute Gasteiger partial charge is 0.326 e. The number of hydrogen-bond acceptors (Lipinski definition) is 4. The highest BCUT2D eigenvalue weighted by Gasteiger charge is 2.23. The van der Waals surface area contributed by atoms with E-state index in [1.165, 1.54) is 11.3 Å². The summed E-state index contributed by atoms with van der Waals surface area (Å²) in [5, 5.41) is 12.5. The van der Waals surface area contributed by atoms with E-state index in [2.05, 4.69) is 5.32 Å². The summed E-state index contributed by atoms with van der Waals surface area (Å²) in [6.45, 7) is 1.69. The van der Waals surface area contributed by atoms with Crippen molar-refractivity contribution in [3.05, 3.63) is 28.1 Å². The maximum absolute atomic E-state index is 12.2. The van der Waals surface area contributed by atoms with Crippen molar-refractivity contribution < 1.29 is 19.4 Å². The second kappa shape index (κ2) is 6.32. The fourth-order valence-corrected chi connectivity index (χ4v) is 3.27. The third kappa shape index (κ3) is 3.11. The highest BCUT2D eigenvalue weighted by atomic mass is 35.5. The fourth-order valence-electron chi connectivity index (χ4n) is 1.88. The number of benzene rings is 1. The Hall–Kier alpha value is -1.79. The zero-order chi connectivity index (χ0) is 15.6. The Kier molecular flexibility index (Phi) is 4.69. The van der Waals surface area contributed by atoms with Crippen LogP contribution in [0, 0.1) is 0 Å². The zero-order valence-corrected chi connectivity index (χ0v) is 13.0. The van der Waals surface area contributed by atoms with Gasteiger partial charge >= 0.3 is 5.97 Å². The lowest BCUT2D eigenvalue weighted by atomic mass is 10.2. The van der Waals surface area contributed by atoms with Gasteiger partial charge < -0.3 is 15.2 Å². The molecule has 0 aliphatic carbocycles. The van der Waals surface area contributed by atoms with Crippen LogP contribution in [-0.2, 0) is 4.79 Å². The van der Waals surface area contributed by atoms with Gasteiger partial charge in [-0.3, -0.25) is 4.79 Å². The molecule has 0 saturated carbocycles. The lowest BCUT2D eigenvalue weighted by Gasteiger charge is -2.11. The molecule has 1 aromatic heterocycles. The predicted octanol–water partition coefficient (Wildman–Crippen LogP) is 3.16. The largest absolute Gasteiger partial charge is 0.497 e. The van der Waals surface area contributed by atoms with E-state index in [4.69, 9.17) is 21.4 Å². The van der Waals surface area contributed by atoms with Gasteiger partial charge in [0.1, 0.15) is 16.7 Å². The van der Waals surface area contributed by atoms with Gasteiger partial charge in [-0.2, -0.15) is 0 Å². The number of nitrogens with one attached hydrogen (secondary N) is 1. The molecule has 0 aliphatic heterocycles. The Bertz CT molecular complexity index is 698. The molecular formula is C14H14ClNO4S. The van der Waals surface area contributed by atoms with Crippen molar-refractivity contribution in [3.63, 3.8) is 0 Å². The first-order valence-electron chi connectivity index (χ1n) is 6.27. The summed E-state index contributed by atoms with van der Waals surface area (Å²) in [5.74, 6) is -0.898. The van der Waals surface area contributed by atoms with Crippen LogP contribution >= 0.6 is 22.9 Å². The molecule has 2 N–H and O–H groups in total. The molecule has 1 aromatic carbocycles. The molecule has 0 aliphatic rings. The number of aliphatic carboxylic acids is 1. The normalized spacial score (nSPS) is 12.1. The Morgan fingerprint density at radius 2 is 2.19 bits per heavy atom. The van der Waals surface area contributed by atoms with Gasteiger partial charge in [-0.15, -0.1) is 11.3 Å². The van der Waals surface area contributed by atoms with Gasteiger partial charge in [0.15, 0.2) is 0 Å². The van der Waals surface area contributed by atoms with Gasteiger partial charge in [-0.25, -0.2) is 4.79 Å².